The molecule has 27 heavy (non-hydrogen) atoms. The van der Waals surface area contributed by atoms with Gasteiger partial charge in [0.2, 0.25) is 0 Å². The topological polar surface area (TPSA) is 35.5 Å². The van der Waals surface area contributed by atoms with Gasteiger partial charge in [0.05, 0.1) is 12.5 Å². The second kappa shape index (κ2) is 8.07. The summed E-state index contributed by atoms with van der Waals surface area (Å²) in [7, 11) is -0.260. The van der Waals surface area contributed by atoms with Gasteiger partial charge in [-0.25, -0.2) is 0 Å². The maximum Gasteiger partial charge on any atom is 0.175 e. The Morgan fingerprint density at radius 2 is 1.81 bits per heavy atom. The lowest BCUT2D eigenvalue weighted by Crippen LogP contribution is -2.27. The van der Waals surface area contributed by atoms with Crippen molar-refractivity contribution in [3.8, 4) is 5.75 Å². The van der Waals surface area contributed by atoms with Crippen molar-refractivity contribution in [2.45, 2.75) is 16.7 Å². The summed E-state index contributed by atoms with van der Waals surface area (Å²) < 4.78 is 11.0. The fraction of sp³-hybridized carbons (Fsp3) is 0.217. The van der Waals surface area contributed by atoms with E-state index in [0.717, 1.165) is 16.2 Å². The molecule has 2 aromatic rings. The van der Waals surface area contributed by atoms with E-state index in [9.17, 15) is 4.79 Å². The molecule has 2 unspecified atom stereocenters. The van der Waals surface area contributed by atoms with Crippen LogP contribution in [-0.2, 0) is 4.74 Å². The van der Waals surface area contributed by atoms with E-state index in [1.54, 1.807) is 0 Å². The molecule has 0 N–H and O–H groups in total. The number of benzene rings is 2. The summed E-state index contributed by atoms with van der Waals surface area (Å²) in [5.41, 5.74) is 0.839. The number of carbonyl (C=O) groups excluding carboxylic acids is 1. The van der Waals surface area contributed by atoms with Gasteiger partial charge in [-0.05, 0) is 42.1 Å². The summed E-state index contributed by atoms with van der Waals surface area (Å²) >= 11 is 0. The second-order valence-electron chi connectivity index (χ2n) is 6.31. The van der Waals surface area contributed by atoms with E-state index in [2.05, 4.69) is 24.3 Å². The van der Waals surface area contributed by atoms with E-state index in [1.165, 1.54) is 9.76 Å². The Bertz CT molecular complexity index is 938. The number of fused-ring (bicyclic) bond motifs is 2. The summed E-state index contributed by atoms with van der Waals surface area (Å²) in [5.74, 6) is 0.875. The lowest BCUT2D eigenvalue weighted by Gasteiger charge is -2.28. The van der Waals surface area contributed by atoms with Gasteiger partial charge < -0.3 is 9.47 Å². The molecule has 0 saturated heterocycles. The van der Waals surface area contributed by atoms with E-state index in [-0.39, 0.29) is 22.2 Å². The lowest BCUT2D eigenvalue weighted by molar-refractivity contribution is 0.0969. The van der Waals surface area contributed by atoms with Gasteiger partial charge in [-0.3, -0.25) is 4.79 Å². The average Bonchev–Trinajstić information content (AvgIpc) is 2.72. The molecule has 2 aromatic carbocycles. The normalized spacial score (nSPS) is 20.3. The Morgan fingerprint density at radius 3 is 2.63 bits per heavy atom. The molecule has 4 rings (SSSR count). The van der Waals surface area contributed by atoms with Crippen LogP contribution in [0, 0.1) is 5.92 Å². The summed E-state index contributed by atoms with van der Waals surface area (Å²) in [4.78, 5) is 16.4. The standard InChI is InChI=1S/C23H22O3S/c1-2-25-15-16-26-17-11-13-18(14-12-17)27-21-9-5-3-7-19(21)23(24)20-8-4-6-10-22(20)27/h3-14,19H,2,15-16H2,1H3. The SMILES string of the molecule is CCOCCOc1ccc(S2=C3C=CC=CC3C(=O)c3ccccc32)cc1. The number of ketones is 1. The fourth-order valence-electron chi connectivity index (χ4n) is 3.38. The van der Waals surface area contributed by atoms with Gasteiger partial charge in [0.25, 0.3) is 0 Å². The quantitative estimate of drug-likeness (QED) is 0.530. The Kier molecular flexibility index (Phi) is 5.37. The molecule has 0 aromatic heterocycles. The van der Waals surface area contributed by atoms with E-state index in [0.29, 0.717) is 19.8 Å². The van der Waals surface area contributed by atoms with Gasteiger partial charge in [-0.2, -0.15) is 0 Å². The highest BCUT2D eigenvalue weighted by Crippen LogP contribution is 2.46. The number of carbonyl (C=O) groups is 1. The molecule has 0 fully saturated rings. The number of hydrogen-bond acceptors (Lipinski definition) is 3. The number of rotatable bonds is 6. The van der Waals surface area contributed by atoms with Crippen LogP contribution >= 0.6 is 10.5 Å². The smallest absolute Gasteiger partial charge is 0.175 e. The minimum atomic E-state index is -0.260. The molecular formula is C23H22O3S. The molecule has 1 heterocycles. The van der Waals surface area contributed by atoms with Gasteiger partial charge in [0, 0.05) is 22.0 Å². The predicted octanol–water partition coefficient (Wildman–Crippen LogP) is 4.90. The lowest BCUT2D eigenvalue weighted by atomic mass is 9.91. The summed E-state index contributed by atoms with van der Waals surface area (Å²) in [5, 5.41) is 0. The molecule has 0 spiro atoms. The molecule has 1 aliphatic heterocycles. The molecule has 0 saturated carbocycles. The first kappa shape index (κ1) is 18.0. The van der Waals surface area contributed by atoms with Crippen molar-refractivity contribution in [1.82, 2.24) is 0 Å². The zero-order valence-electron chi connectivity index (χ0n) is 15.3. The first-order valence-corrected chi connectivity index (χ1v) is 10.4. The molecule has 3 nitrogen and oxygen atoms in total. The number of hydrogen-bond donors (Lipinski definition) is 0. The van der Waals surface area contributed by atoms with E-state index in [1.807, 2.05) is 55.5 Å². The monoisotopic (exact) mass is 378 g/mol. The van der Waals surface area contributed by atoms with Crippen molar-refractivity contribution in [3.05, 3.63) is 78.4 Å². The van der Waals surface area contributed by atoms with Crippen LogP contribution in [0.1, 0.15) is 17.3 Å². The van der Waals surface area contributed by atoms with Gasteiger partial charge in [-0.15, -0.1) is 10.5 Å². The Hall–Kier alpha value is -2.43. The molecule has 0 amide bonds. The highest BCUT2D eigenvalue weighted by Gasteiger charge is 2.32. The van der Waals surface area contributed by atoms with Crippen molar-refractivity contribution in [3.63, 3.8) is 0 Å². The van der Waals surface area contributed by atoms with Crippen molar-refractivity contribution < 1.29 is 14.3 Å². The average molecular weight is 378 g/mol. The molecule has 4 heteroatoms. The fourth-order valence-corrected chi connectivity index (χ4v) is 5.82. The summed E-state index contributed by atoms with van der Waals surface area (Å²) in [6, 6.07) is 16.2. The molecule has 0 radical (unpaired) electrons. The van der Waals surface area contributed by atoms with Crippen LogP contribution in [-0.4, -0.2) is 30.5 Å². The van der Waals surface area contributed by atoms with E-state index in [4.69, 9.17) is 9.47 Å². The van der Waals surface area contributed by atoms with E-state index < -0.39 is 0 Å². The Morgan fingerprint density at radius 1 is 1.00 bits per heavy atom. The Balaban J connectivity index is 1.70. The van der Waals surface area contributed by atoms with E-state index >= 15 is 0 Å². The third-order valence-electron chi connectivity index (χ3n) is 4.63. The number of Topliss-reactive ketones (excluding diaryl/α,β-unsaturated/α-hetero) is 1. The van der Waals surface area contributed by atoms with Crippen molar-refractivity contribution in [2.75, 3.05) is 19.8 Å². The number of ether oxygens (including phenoxy) is 2. The van der Waals surface area contributed by atoms with Crippen LogP contribution in [0.4, 0.5) is 0 Å². The highest BCUT2D eigenvalue weighted by molar-refractivity contribution is 8.16. The van der Waals surface area contributed by atoms with Crippen molar-refractivity contribution in [1.29, 1.82) is 0 Å². The first-order chi connectivity index (χ1) is 13.3. The van der Waals surface area contributed by atoms with Crippen molar-refractivity contribution >= 4 is 21.1 Å². The van der Waals surface area contributed by atoms with Gasteiger partial charge in [-0.1, -0.05) is 42.5 Å². The summed E-state index contributed by atoms with van der Waals surface area (Å²) in [6.45, 7) is 3.81. The zero-order valence-corrected chi connectivity index (χ0v) is 16.1. The molecule has 0 bridgehead atoms. The van der Waals surface area contributed by atoms with Crippen LogP contribution in [0.2, 0.25) is 0 Å². The molecule has 2 atom stereocenters. The maximum absolute atomic E-state index is 12.9. The number of allylic oxidation sites excluding steroid dienone is 4. The molecule has 1 aliphatic carbocycles. The van der Waals surface area contributed by atoms with Gasteiger partial charge >= 0.3 is 0 Å². The van der Waals surface area contributed by atoms with Gasteiger partial charge in [0.1, 0.15) is 12.4 Å². The minimum Gasteiger partial charge on any atom is -0.491 e. The highest BCUT2D eigenvalue weighted by atomic mass is 32.2. The third-order valence-corrected chi connectivity index (χ3v) is 7.03. The zero-order chi connectivity index (χ0) is 18.6. The Labute approximate surface area is 162 Å². The third kappa shape index (κ3) is 3.55. The predicted molar refractivity (Wildman–Crippen MR) is 110 cm³/mol. The van der Waals surface area contributed by atoms with Crippen LogP contribution in [0.5, 0.6) is 5.75 Å². The largest absolute Gasteiger partial charge is 0.491 e. The van der Waals surface area contributed by atoms with Gasteiger partial charge in [0.15, 0.2) is 5.78 Å². The maximum atomic E-state index is 12.9. The van der Waals surface area contributed by atoms with Crippen LogP contribution in [0.15, 0.2) is 82.6 Å². The van der Waals surface area contributed by atoms with Crippen LogP contribution in [0.25, 0.3) is 0 Å². The first-order valence-electron chi connectivity index (χ1n) is 9.19. The molecule has 2 aliphatic rings. The van der Waals surface area contributed by atoms with Crippen LogP contribution < -0.4 is 4.74 Å². The minimum absolute atomic E-state index is 0.157. The van der Waals surface area contributed by atoms with Crippen LogP contribution in [0.3, 0.4) is 0 Å². The second-order valence-corrected chi connectivity index (χ2v) is 8.30. The molecule has 138 valence electrons. The summed E-state index contributed by atoms with van der Waals surface area (Å²) in [6.07, 6.45) is 8.11. The van der Waals surface area contributed by atoms with Crippen molar-refractivity contribution in [2.24, 2.45) is 5.92 Å². The molecular weight excluding hydrogens is 356 g/mol.